The van der Waals surface area contributed by atoms with Crippen LogP contribution in [0.15, 0.2) is 131 Å². The summed E-state index contributed by atoms with van der Waals surface area (Å²) in [6.45, 7) is 9.82. The third kappa shape index (κ3) is 20.2. The standard InChI is InChI=1S/C23H14F6N4.C23H12F6N4.C13H10Br2F2N2.C5H4BF2NO2.O2.H2O.Pt/c2*1-23(2,17-9-11(24)7-15(30-17)13-3-5-19(26)32-21(13)28)18-10-12(25)8-16(31-18)14-4-6-20(27)33-22(14)29;1-13(2,9-3-7(16)5-11(14)18-9)10-4-8(17)6-12(15)19-10;7-4-2-1-3(6(10)11)5(8)9-4;1-2;;/h3-10H,1-2H3;5-10H,1-2H3;3-6H,1-2H3;1-2,10-11H;;1H2;/q;-2;;;;;+2. The molecule has 522 valence electrons. The average molecular weight is 1710 g/mol. The van der Waals surface area contributed by atoms with Gasteiger partial charge in [0, 0.05) is 67.3 Å². The zero-order valence-electron chi connectivity index (χ0n) is 51.4. The molecule has 11 aromatic rings. The Balaban J connectivity index is 0.000000252. The zero-order chi connectivity index (χ0) is 72.5. The summed E-state index contributed by atoms with van der Waals surface area (Å²) >= 11 is 6.30. The van der Waals surface area contributed by atoms with Crippen molar-refractivity contribution in [1.29, 1.82) is 0 Å². The number of halogens is 18. The van der Waals surface area contributed by atoms with Gasteiger partial charge in [0.15, 0.2) is 0 Å². The molecule has 0 radical (unpaired) electrons. The molecule has 0 amide bonds. The molecule has 0 aliphatic carbocycles. The van der Waals surface area contributed by atoms with Gasteiger partial charge in [0.05, 0.1) is 45.3 Å². The monoisotopic (exact) mass is 1710 g/mol. The summed E-state index contributed by atoms with van der Waals surface area (Å²) in [5.74, 6) is -15.3. The van der Waals surface area contributed by atoms with E-state index in [0.29, 0.717) is 20.6 Å². The van der Waals surface area contributed by atoms with E-state index in [-0.39, 0.29) is 94.3 Å². The number of hydrogen-bond acceptors (Lipinski definition) is 15. The Morgan fingerprint density at radius 3 is 0.880 bits per heavy atom. The molecule has 0 saturated heterocycles. The normalized spacial score (nSPS) is 11.0. The summed E-state index contributed by atoms with van der Waals surface area (Å²) in [7, 11) is -1.96. The molecular formula is C64H42BBr2F16N11O5Pt. The van der Waals surface area contributed by atoms with E-state index >= 15 is 0 Å². The molecule has 11 heterocycles. The second-order valence-corrected chi connectivity index (χ2v) is 23.3. The molecule has 36 heteroatoms. The van der Waals surface area contributed by atoms with Crippen LogP contribution in [0.2, 0.25) is 0 Å². The first-order chi connectivity index (χ1) is 46.0. The maximum Gasteiger partial charge on any atom is 2.00 e. The Morgan fingerprint density at radius 1 is 0.340 bits per heavy atom. The summed E-state index contributed by atoms with van der Waals surface area (Å²) in [6.07, 6.45) is 0. The minimum Gasteiger partial charge on any atom is -0.423 e. The van der Waals surface area contributed by atoms with Crippen LogP contribution in [0.4, 0.5) is 70.2 Å². The fourth-order valence-corrected chi connectivity index (χ4v) is 9.51. The van der Waals surface area contributed by atoms with Crippen LogP contribution in [0.25, 0.3) is 45.0 Å². The maximum atomic E-state index is 14.4. The number of hydrogen-bond donors (Lipinski definition) is 2. The largest absolute Gasteiger partial charge is 2.00 e. The van der Waals surface area contributed by atoms with E-state index in [1.165, 1.54) is 38.1 Å². The molecule has 0 spiro atoms. The number of aromatic nitrogens is 11. The van der Waals surface area contributed by atoms with Gasteiger partial charge in [-0.3, -0.25) is 29.9 Å². The van der Waals surface area contributed by atoms with Crippen molar-refractivity contribution < 1.29 is 107 Å². The first-order valence-corrected chi connectivity index (χ1v) is 28.9. The Kier molecular flexibility index (Phi) is 27.8. The summed E-state index contributed by atoms with van der Waals surface area (Å²) in [5, 5.41) is 16.9. The van der Waals surface area contributed by atoms with Gasteiger partial charge >= 0.3 is 28.2 Å². The summed E-state index contributed by atoms with van der Waals surface area (Å²) in [6, 6.07) is 25.0. The smallest absolute Gasteiger partial charge is 0.423 e. The molecule has 0 bridgehead atoms. The topological polar surface area (TPSA) is 248 Å². The van der Waals surface area contributed by atoms with Crippen molar-refractivity contribution in [1.82, 2.24) is 54.8 Å². The van der Waals surface area contributed by atoms with Gasteiger partial charge in [0.1, 0.15) is 67.9 Å². The Morgan fingerprint density at radius 2 is 0.600 bits per heavy atom. The van der Waals surface area contributed by atoms with Crippen LogP contribution in [-0.4, -0.2) is 77.5 Å². The van der Waals surface area contributed by atoms with Gasteiger partial charge in [-0.05, 0) is 164 Å². The minimum atomic E-state index is -1.96. The third-order valence-corrected chi connectivity index (χ3v) is 14.6. The summed E-state index contributed by atoms with van der Waals surface area (Å²) < 4.78 is 219. The first-order valence-electron chi connectivity index (χ1n) is 27.4. The van der Waals surface area contributed by atoms with Crippen molar-refractivity contribution in [2.45, 2.75) is 57.8 Å². The van der Waals surface area contributed by atoms with Crippen molar-refractivity contribution in [2.24, 2.45) is 0 Å². The second kappa shape index (κ2) is 34.2. The molecule has 16 nitrogen and oxygen atoms in total. The van der Waals surface area contributed by atoms with Gasteiger partial charge in [0.25, 0.3) is 0 Å². The fraction of sp³-hybridized carbons (Fsp3) is 0.141. The predicted octanol–water partition coefficient (Wildman–Crippen LogP) is 14.0. The van der Waals surface area contributed by atoms with Crippen molar-refractivity contribution in [3.63, 3.8) is 0 Å². The van der Waals surface area contributed by atoms with Crippen molar-refractivity contribution in [2.75, 3.05) is 0 Å². The fourth-order valence-electron chi connectivity index (χ4n) is 8.69. The van der Waals surface area contributed by atoms with Gasteiger partial charge in [-0.1, -0.05) is 29.3 Å². The molecule has 100 heavy (non-hydrogen) atoms. The van der Waals surface area contributed by atoms with Crippen LogP contribution in [0.5, 0.6) is 0 Å². The molecule has 0 aliphatic heterocycles. The van der Waals surface area contributed by atoms with Crippen molar-refractivity contribution >= 4 is 44.4 Å². The molecule has 0 fully saturated rings. The van der Waals surface area contributed by atoms with Gasteiger partial charge in [0.2, 0.25) is 35.7 Å². The summed E-state index contributed by atoms with van der Waals surface area (Å²) in [4.78, 5) is 54.4. The van der Waals surface area contributed by atoms with E-state index in [1.807, 2.05) is 13.8 Å². The van der Waals surface area contributed by atoms with Gasteiger partial charge in [-0.15, -0.1) is 12.1 Å². The van der Waals surface area contributed by atoms with Crippen molar-refractivity contribution in [3.05, 3.63) is 281 Å². The van der Waals surface area contributed by atoms with Crippen LogP contribution in [0, 0.1) is 116 Å². The van der Waals surface area contributed by atoms with E-state index in [0.717, 1.165) is 97.1 Å². The van der Waals surface area contributed by atoms with E-state index in [9.17, 15) is 70.2 Å². The Bertz CT molecular complexity index is 4270. The number of pyridine rings is 11. The van der Waals surface area contributed by atoms with Crippen LogP contribution in [-0.2, 0) is 37.3 Å². The number of rotatable bonds is 11. The SMILES string of the molecule is CC(C)(c1cc(F)cc(-c2[c-]cc(F)nc2F)n1)c1cc(F)cc(-c2[c-]cc(F)nc2F)n1.CC(C)(c1cc(F)cc(-c2ccc(F)nc2F)n1)c1cc(F)cc(-c2ccc(F)nc2F)n1.CC(C)(c1cc(F)cc(Br)n1)c1cc(F)cc(Br)n1.O.O=O.OB(O)c1ccc(F)nc1F.[Pt+2]. The molecule has 0 unspecified atom stereocenters. The zero-order valence-corrected chi connectivity index (χ0v) is 56.8. The Labute approximate surface area is 586 Å². The van der Waals surface area contributed by atoms with E-state index < -0.39 is 123 Å². The Hall–Kier alpha value is -9.28. The molecule has 11 aromatic heterocycles. The molecule has 0 atom stereocenters. The molecule has 0 saturated carbocycles. The molecular weight excluding hydrogens is 1670 g/mol. The molecule has 4 N–H and O–H groups in total. The van der Waals surface area contributed by atoms with E-state index in [4.69, 9.17) is 20.0 Å². The van der Waals surface area contributed by atoms with Crippen molar-refractivity contribution in [3.8, 4) is 45.0 Å². The minimum absolute atomic E-state index is 0. The van der Waals surface area contributed by atoms with E-state index in [1.54, 1.807) is 13.8 Å². The second-order valence-electron chi connectivity index (χ2n) is 21.7. The van der Waals surface area contributed by atoms with E-state index in [2.05, 4.69) is 98.8 Å². The van der Waals surface area contributed by atoms with Crippen LogP contribution in [0.3, 0.4) is 0 Å². The van der Waals surface area contributed by atoms with Crippen LogP contribution < -0.4 is 5.46 Å². The average Bonchev–Trinajstić information content (AvgIpc) is 0.782. The maximum absolute atomic E-state index is 14.4. The van der Waals surface area contributed by atoms with Crippen LogP contribution >= 0.6 is 31.9 Å². The predicted molar refractivity (Wildman–Crippen MR) is 332 cm³/mol. The quantitative estimate of drug-likeness (QED) is 0.0529. The van der Waals surface area contributed by atoms with Gasteiger partial charge in [-0.25, -0.2) is 53.9 Å². The van der Waals surface area contributed by atoms with Gasteiger partial charge in [-0.2, -0.15) is 41.3 Å². The molecule has 0 aliphatic rings. The summed E-state index contributed by atoms with van der Waals surface area (Å²) in [5.41, 5.74) is -4.57. The molecule has 0 aromatic carbocycles. The van der Waals surface area contributed by atoms with Crippen LogP contribution in [0.1, 0.15) is 75.7 Å². The number of nitrogens with zero attached hydrogens (tertiary/aromatic N) is 11. The first kappa shape index (κ1) is 81.4. The molecule has 11 rings (SSSR count). The van der Waals surface area contributed by atoms with Gasteiger partial charge < -0.3 is 15.5 Å². The third-order valence-electron chi connectivity index (χ3n) is 13.8.